The molecule has 108 valence electrons. The molecular weight excluding hydrogens is 268 g/mol. The zero-order valence-corrected chi connectivity index (χ0v) is 13.2. The smallest absolute Gasteiger partial charge is 0.134 e. The molecule has 0 bridgehead atoms. The second kappa shape index (κ2) is 7.39. The van der Waals surface area contributed by atoms with Crippen molar-refractivity contribution in [2.45, 2.75) is 26.3 Å². The number of hydrogen-bond donors (Lipinski definition) is 1. The highest BCUT2D eigenvalue weighted by Gasteiger charge is 2.07. The van der Waals surface area contributed by atoms with Crippen molar-refractivity contribution in [3.63, 3.8) is 0 Å². The van der Waals surface area contributed by atoms with Gasteiger partial charge in [-0.05, 0) is 54.5 Å². The molecule has 2 rings (SSSR count). The molecule has 0 saturated heterocycles. The highest BCUT2D eigenvalue weighted by molar-refractivity contribution is 7.99. The van der Waals surface area contributed by atoms with Crippen LogP contribution in [-0.4, -0.2) is 29.6 Å². The molecule has 1 unspecified atom stereocenters. The van der Waals surface area contributed by atoms with E-state index < -0.39 is 0 Å². The van der Waals surface area contributed by atoms with E-state index in [9.17, 15) is 0 Å². The molecule has 1 aromatic carbocycles. The molecule has 3 nitrogen and oxygen atoms in total. The molecule has 4 heteroatoms. The van der Waals surface area contributed by atoms with Gasteiger partial charge in [-0.15, -0.1) is 0 Å². The van der Waals surface area contributed by atoms with Gasteiger partial charge in [-0.2, -0.15) is 11.8 Å². The largest absolute Gasteiger partial charge is 0.497 e. The lowest BCUT2D eigenvalue weighted by molar-refractivity contribution is 0.415. The lowest BCUT2D eigenvalue weighted by atomic mass is 10.1. The van der Waals surface area contributed by atoms with Gasteiger partial charge < -0.3 is 10.1 Å². The second-order valence-corrected chi connectivity index (χ2v) is 6.17. The van der Waals surface area contributed by atoms with Gasteiger partial charge in [0, 0.05) is 17.6 Å². The second-order valence-electron chi connectivity index (χ2n) is 4.78. The fourth-order valence-electron chi connectivity index (χ4n) is 2.11. The summed E-state index contributed by atoms with van der Waals surface area (Å²) in [5, 5.41) is 5.81. The van der Waals surface area contributed by atoms with E-state index in [1.54, 1.807) is 7.11 Å². The van der Waals surface area contributed by atoms with E-state index in [-0.39, 0.29) is 0 Å². The van der Waals surface area contributed by atoms with Gasteiger partial charge in [0.05, 0.1) is 7.11 Å². The molecule has 1 heterocycles. The van der Waals surface area contributed by atoms with Gasteiger partial charge in [0.2, 0.25) is 0 Å². The number of thioether (sulfide) groups is 1. The molecule has 2 aromatic rings. The van der Waals surface area contributed by atoms with Crippen molar-refractivity contribution in [3.05, 3.63) is 30.5 Å². The zero-order chi connectivity index (χ0) is 14.4. The summed E-state index contributed by atoms with van der Waals surface area (Å²) in [6, 6.07) is 8.53. The number of aromatic nitrogens is 1. The van der Waals surface area contributed by atoms with E-state index >= 15 is 0 Å². The van der Waals surface area contributed by atoms with Crippen molar-refractivity contribution in [1.29, 1.82) is 0 Å². The molecule has 1 aromatic heterocycles. The Morgan fingerprint density at radius 2 is 2.20 bits per heavy atom. The molecule has 0 aliphatic rings. The number of methoxy groups -OCH3 is 1. The normalized spacial score (nSPS) is 12.3. The monoisotopic (exact) mass is 290 g/mol. The van der Waals surface area contributed by atoms with Gasteiger partial charge in [0.25, 0.3) is 0 Å². The molecule has 0 aliphatic carbocycles. The molecule has 0 radical (unpaired) electrons. The average Bonchev–Trinajstić information content (AvgIpc) is 2.47. The van der Waals surface area contributed by atoms with Crippen LogP contribution in [0.3, 0.4) is 0 Å². The lowest BCUT2D eigenvalue weighted by Crippen LogP contribution is -2.17. The minimum atomic E-state index is 0.425. The number of ether oxygens (including phenoxy) is 1. The van der Waals surface area contributed by atoms with Crippen LogP contribution in [0.2, 0.25) is 0 Å². The van der Waals surface area contributed by atoms with Gasteiger partial charge in [-0.25, -0.2) is 4.98 Å². The van der Waals surface area contributed by atoms with Crippen LogP contribution >= 0.6 is 11.8 Å². The van der Waals surface area contributed by atoms with Crippen molar-refractivity contribution in [2.24, 2.45) is 0 Å². The van der Waals surface area contributed by atoms with Crippen molar-refractivity contribution in [3.8, 4) is 5.75 Å². The van der Waals surface area contributed by atoms with Gasteiger partial charge in [0.1, 0.15) is 11.6 Å². The van der Waals surface area contributed by atoms with Crippen molar-refractivity contribution >= 4 is 28.4 Å². The van der Waals surface area contributed by atoms with Crippen molar-refractivity contribution < 1.29 is 4.74 Å². The third kappa shape index (κ3) is 3.79. The number of anilines is 1. The predicted octanol–water partition coefficient (Wildman–Crippen LogP) is 4.19. The fourth-order valence-corrected chi connectivity index (χ4v) is 2.92. The van der Waals surface area contributed by atoms with Crippen LogP contribution in [0, 0.1) is 0 Å². The molecule has 0 amide bonds. The molecule has 0 saturated carbocycles. The first-order valence-corrected chi connectivity index (χ1v) is 8.17. The van der Waals surface area contributed by atoms with E-state index in [1.165, 1.54) is 11.5 Å². The summed E-state index contributed by atoms with van der Waals surface area (Å²) in [6.07, 6.45) is 2.99. The van der Waals surface area contributed by atoms with Crippen LogP contribution in [-0.2, 0) is 0 Å². The first-order valence-electron chi connectivity index (χ1n) is 7.01. The minimum absolute atomic E-state index is 0.425. The summed E-state index contributed by atoms with van der Waals surface area (Å²) in [7, 11) is 1.69. The van der Waals surface area contributed by atoms with Gasteiger partial charge in [-0.1, -0.05) is 6.92 Å². The summed E-state index contributed by atoms with van der Waals surface area (Å²) in [5.74, 6) is 4.20. The first-order chi connectivity index (χ1) is 9.74. The highest BCUT2D eigenvalue weighted by Crippen LogP contribution is 2.26. The van der Waals surface area contributed by atoms with Crippen molar-refractivity contribution in [1.82, 2.24) is 4.98 Å². The third-order valence-corrected chi connectivity index (χ3v) is 4.19. The quantitative estimate of drug-likeness (QED) is 0.775. The van der Waals surface area contributed by atoms with E-state index in [0.717, 1.165) is 28.8 Å². The predicted molar refractivity (Wildman–Crippen MR) is 89.0 cm³/mol. The molecule has 0 fully saturated rings. The summed E-state index contributed by atoms with van der Waals surface area (Å²) in [4.78, 5) is 4.47. The van der Waals surface area contributed by atoms with Crippen LogP contribution in [0.4, 0.5) is 5.82 Å². The molecular formula is C16H22N2OS. The molecule has 1 atom stereocenters. The number of nitrogens with one attached hydrogen (secondary N) is 1. The maximum absolute atomic E-state index is 5.27. The third-order valence-electron chi connectivity index (χ3n) is 3.25. The van der Waals surface area contributed by atoms with Crippen LogP contribution in [0.5, 0.6) is 5.75 Å². The number of nitrogens with zero attached hydrogens (tertiary/aromatic N) is 1. The Morgan fingerprint density at radius 1 is 1.35 bits per heavy atom. The molecule has 1 N–H and O–H groups in total. The van der Waals surface area contributed by atoms with Crippen LogP contribution in [0.15, 0.2) is 30.5 Å². The Kier molecular flexibility index (Phi) is 5.53. The number of pyridine rings is 1. The highest BCUT2D eigenvalue weighted by atomic mass is 32.2. The van der Waals surface area contributed by atoms with Gasteiger partial charge in [0.15, 0.2) is 0 Å². The molecule has 0 aliphatic heterocycles. The van der Waals surface area contributed by atoms with E-state index in [4.69, 9.17) is 4.74 Å². The molecule has 20 heavy (non-hydrogen) atoms. The first kappa shape index (κ1) is 15.0. The maximum Gasteiger partial charge on any atom is 0.134 e. The van der Waals surface area contributed by atoms with Gasteiger partial charge in [-0.3, -0.25) is 0 Å². The lowest BCUT2D eigenvalue weighted by Gasteiger charge is -2.16. The minimum Gasteiger partial charge on any atom is -0.497 e. The van der Waals surface area contributed by atoms with Crippen molar-refractivity contribution in [2.75, 3.05) is 23.9 Å². The Balaban J connectivity index is 2.13. The van der Waals surface area contributed by atoms with Gasteiger partial charge >= 0.3 is 0 Å². The number of rotatable bonds is 7. The summed E-state index contributed by atoms with van der Waals surface area (Å²) >= 11 is 1.98. The Labute approximate surface area is 125 Å². The average molecular weight is 290 g/mol. The maximum atomic E-state index is 5.27. The SMILES string of the molecule is CCSCCC(C)Nc1nccc2cc(OC)ccc12. The standard InChI is InChI=1S/C16H22N2OS/c1-4-20-10-8-12(2)18-16-15-6-5-14(19-3)11-13(15)7-9-17-16/h5-7,9,11-12H,4,8,10H2,1-3H3,(H,17,18). The summed E-state index contributed by atoms with van der Waals surface area (Å²) in [5.41, 5.74) is 0. The Hall–Kier alpha value is -1.42. The number of hydrogen-bond acceptors (Lipinski definition) is 4. The zero-order valence-electron chi connectivity index (χ0n) is 12.3. The van der Waals surface area contributed by atoms with E-state index in [1.807, 2.05) is 36.2 Å². The summed E-state index contributed by atoms with van der Waals surface area (Å²) < 4.78 is 5.27. The number of fused-ring (bicyclic) bond motifs is 1. The number of benzene rings is 1. The van der Waals surface area contributed by atoms with Crippen LogP contribution < -0.4 is 10.1 Å². The van der Waals surface area contributed by atoms with Crippen LogP contribution in [0.1, 0.15) is 20.3 Å². The fraction of sp³-hybridized carbons (Fsp3) is 0.438. The molecule has 0 spiro atoms. The Morgan fingerprint density at radius 3 is 2.95 bits per heavy atom. The summed E-state index contributed by atoms with van der Waals surface area (Å²) in [6.45, 7) is 4.41. The van der Waals surface area contributed by atoms with Crippen LogP contribution in [0.25, 0.3) is 10.8 Å². The van der Waals surface area contributed by atoms with E-state index in [0.29, 0.717) is 6.04 Å². The van der Waals surface area contributed by atoms with E-state index in [2.05, 4.69) is 30.2 Å². The topological polar surface area (TPSA) is 34.2 Å². The Bertz CT molecular complexity index is 559.